The van der Waals surface area contributed by atoms with Crippen LogP contribution in [0.2, 0.25) is 5.02 Å². The Morgan fingerprint density at radius 3 is 1.97 bits per heavy atom. The number of nitrogens with zero attached hydrogens (tertiary/aromatic N) is 1. The van der Waals surface area contributed by atoms with E-state index in [0.717, 1.165) is 22.1 Å². The minimum atomic E-state index is -0.201. The summed E-state index contributed by atoms with van der Waals surface area (Å²) in [5.74, 6) is 1.22. The average Bonchev–Trinajstić information content (AvgIpc) is 2.74. The Hall–Kier alpha value is -2.84. The van der Waals surface area contributed by atoms with Crippen LogP contribution in [-0.4, -0.2) is 11.4 Å². The highest BCUT2D eigenvalue weighted by atomic mass is 35.5. The summed E-state index contributed by atoms with van der Waals surface area (Å²) < 4.78 is 0. The number of allylic oxidation sites excluding steroid dienone is 1. The van der Waals surface area contributed by atoms with E-state index in [1.807, 2.05) is 18.2 Å². The molecule has 0 saturated carbocycles. The summed E-state index contributed by atoms with van der Waals surface area (Å²) in [7, 11) is 0. The first kappa shape index (κ1) is 20.4. The van der Waals surface area contributed by atoms with Crippen LogP contribution in [0.15, 0.2) is 96.0 Å². The van der Waals surface area contributed by atoms with E-state index >= 15 is 0 Å². The van der Waals surface area contributed by atoms with Gasteiger partial charge in [0.05, 0.1) is 11.5 Å². The van der Waals surface area contributed by atoms with Crippen molar-refractivity contribution in [3.8, 4) is 0 Å². The quantitative estimate of drug-likeness (QED) is 0.487. The third kappa shape index (κ3) is 4.66. The van der Waals surface area contributed by atoms with E-state index in [1.165, 1.54) is 11.1 Å². The molecular weight excluding hydrogens is 388 g/mol. The summed E-state index contributed by atoms with van der Waals surface area (Å²) in [5, 5.41) is 4.41. The molecule has 3 aromatic carbocycles. The molecule has 0 saturated heterocycles. The van der Waals surface area contributed by atoms with Crippen LogP contribution in [0.1, 0.15) is 49.3 Å². The van der Waals surface area contributed by atoms with Crippen LogP contribution < -0.4 is 5.32 Å². The van der Waals surface area contributed by atoms with Gasteiger partial charge in [0.1, 0.15) is 5.84 Å². The molecule has 4 rings (SSSR count). The lowest BCUT2D eigenvalue weighted by Crippen LogP contribution is -2.38. The fraction of sp³-hybridized carbons (Fsp3) is 0.222. The van der Waals surface area contributed by atoms with Crippen LogP contribution in [0.5, 0.6) is 0 Å². The first-order valence-electron chi connectivity index (χ1n) is 10.4. The summed E-state index contributed by atoms with van der Waals surface area (Å²) in [6.07, 6.45) is 2.34. The average molecular weight is 415 g/mol. The molecule has 0 fully saturated rings. The van der Waals surface area contributed by atoms with Crippen molar-refractivity contribution in [2.24, 2.45) is 4.99 Å². The fourth-order valence-corrected chi connectivity index (χ4v) is 4.07. The van der Waals surface area contributed by atoms with Crippen LogP contribution in [0.3, 0.4) is 0 Å². The van der Waals surface area contributed by atoms with Gasteiger partial charge in [-0.2, -0.15) is 0 Å². The molecule has 0 bridgehead atoms. The predicted molar refractivity (Wildman–Crippen MR) is 128 cm³/mol. The van der Waals surface area contributed by atoms with Gasteiger partial charge in [-0.3, -0.25) is 4.99 Å². The summed E-state index contributed by atoms with van der Waals surface area (Å²) in [6.45, 7) is 6.41. The number of nitrogens with one attached hydrogen (secondary N) is 1. The molecular formula is C27H27ClN2. The lowest BCUT2D eigenvalue weighted by molar-refractivity contribution is 0.571. The molecule has 2 unspecified atom stereocenters. The van der Waals surface area contributed by atoms with E-state index in [-0.39, 0.29) is 17.4 Å². The van der Waals surface area contributed by atoms with E-state index in [9.17, 15) is 0 Å². The first-order chi connectivity index (χ1) is 14.4. The van der Waals surface area contributed by atoms with Gasteiger partial charge >= 0.3 is 0 Å². The molecule has 30 heavy (non-hydrogen) atoms. The molecule has 152 valence electrons. The summed E-state index contributed by atoms with van der Waals surface area (Å²) in [6, 6.07) is 29.3. The molecule has 2 atom stereocenters. The van der Waals surface area contributed by atoms with Crippen LogP contribution in [0.4, 0.5) is 0 Å². The van der Waals surface area contributed by atoms with Crippen LogP contribution in [0.25, 0.3) is 5.70 Å². The monoisotopic (exact) mass is 414 g/mol. The van der Waals surface area contributed by atoms with Crippen LogP contribution in [0, 0.1) is 0 Å². The maximum Gasteiger partial charge on any atom is 0.110 e. The maximum absolute atomic E-state index is 6.19. The molecule has 3 aromatic rings. The second-order valence-corrected chi connectivity index (χ2v) is 9.14. The minimum absolute atomic E-state index is 0.0800. The maximum atomic E-state index is 6.19. The van der Waals surface area contributed by atoms with Gasteiger partial charge in [0.2, 0.25) is 0 Å². The normalized spacial score (nSPS) is 20.5. The number of benzene rings is 3. The highest BCUT2D eigenvalue weighted by Gasteiger charge is 2.34. The van der Waals surface area contributed by atoms with Gasteiger partial charge in [0.15, 0.2) is 0 Å². The van der Waals surface area contributed by atoms with E-state index in [4.69, 9.17) is 16.6 Å². The number of aliphatic imine (C=N–C) groups is 1. The number of halogens is 1. The number of amidine groups is 1. The third-order valence-corrected chi connectivity index (χ3v) is 5.47. The van der Waals surface area contributed by atoms with Crippen molar-refractivity contribution in [1.82, 2.24) is 5.32 Å². The third-order valence-electron chi connectivity index (χ3n) is 5.22. The van der Waals surface area contributed by atoms with Gasteiger partial charge in [-0.1, -0.05) is 90.5 Å². The summed E-state index contributed by atoms with van der Waals surface area (Å²) >= 11 is 6.19. The van der Waals surface area contributed by atoms with E-state index in [0.29, 0.717) is 0 Å². The van der Waals surface area contributed by atoms with Gasteiger partial charge in [-0.15, -0.1) is 0 Å². The van der Waals surface area contributed by atoms with Gasteiger partial charge < -0.3 is 5.32 Å². The van der Waals surface area contributed by atoms with Crippen molar-refractivity contribution in [1.29, 1.82) is 0 Å². The van der Waals surface area contributed by atoms with Crippen molar-refractivity contribution in [2.75, 3.05) is 0 Å². The molecule has 0 aliphatic carbocycles. The topological polar surface area (TPSA) is 24.4 Å². The zero-order chi connectivity index (χ0) is 21.1. The minimum Gasteiger partial charge on any atom is -0.343 e. The van der Waals surface area contributed by atoms with E-state index < -0.39 is 0 Å². The highest BCUT2D eigenvalue weighted by Crippen LogP contribution is 2.40. The first-order valence-corrected chi connectivity index (χ1v) is 10.7. The van der Waals surface area contributed by atoms with Crippen molar-refractivity contribution < 1.29 is 0 Å². The Bertz CT molecular complexity index is 1050. The molecule has 2 nitrogen and oxygen atoms in total. The second-order valence-electron chi connectivity index (χ2n) is 8.70. The lowest BCUT2D eigenvalue weighted by Gasteiger charge is -2.35. The van der Waals surface area contributed by atoms with Crippen LogP contribution in [-0.2, 0) is 0 Å². The zero-order valence-corrected chi connectivity index (χ0v) is 18.4. The summed E-state index contributed by atoms with van der Waals surface area (Å²) in [5.41, 5.74) is 4.53. The molecule has 1 aliphatic heterocycles. The van der Waals surface area contributed by atoms with Gasteiger partial charge in [0.25, 0.3) is 0 Å². The summed E-state index contributed by atoms with van der Waals surface area (Å²) in [4.78, 5) is 5.13. The molecule has 0 amide bonds. The van der Waals surface area contributed by atoms with Gasteiger partial charge in [-0.05, 0) is 49.6 Å². The van der Waals surface area contributed by atoms with Gasteiger partial charge in [0, 0.05) is 16.6 Å². The van der Waals surface area contributed by atoms with E-state index in [1.54, 1.807) is 0 Å². The molecule has 3 heteroatoms. The number of hydrogen-bond acceptors (Lipinski definition) is 1. The Morgan fingerprint density at radius 2 is 1.37 bits per heavy atom. The Morgan fingerprint density at radius 1 is 0.767 bits per heavy atom. The molecule has 0 spiro atoms. The molecule has 1 aliphatic rings. The van der Waals surface area contributed by atoms with Crippen molar-refractivity contribution in [2.45, 2.75) is 38.1 Å². The van der Waals surface area contributed by atoms with Crippen molar-refractivity contribution >= 4 is 23.1 Å². The fourth-order valence-electron chi connectivity index (χ4n) is 3.95. The highest BCUT2D eigenvalue weighted by molar-refractivity contribution is 6.30. The molecule has 1 N–H and O–H groups in total. The molecule has 0 aromatic heterocycles. The Labute approximate surface area is 184 Å². The Balaban J connectivity index is 1.91. The smallest absolute Gasteiger partial charge is 0.110 e. The lowest BCUT2D eigenvalue weighted by atomic mass is 9.77. The van der Waals surface area contributed by atoms with Crippen molar-refractivity contribution in [3.05, 3.63) is 113 Å². The Kier molecular flexibility index (Phi) is 5.78. The standard InChI is InChI=1S/C27H27ClN2/c1-27(2,3)30-26-25(21-14-16-22(28)17-15-21)23(19-10-6-4-7-11-19)18-24(29-26)20-12-8-5-9-13-20/h4-18,23,25H,1-3H3,(H,29,30). The second kappa shape index (κ2) is 8.49. The SMILES string of the molecule is CC(C)(C)N=C1NC(c2ccccc2)=CC(c2ccccc2)C1c1ccc(Cl)cc1. The zero-order valence-electron chi connectivity index (χ0n) is 17.6. The largest absolute Gasteiger partial charge is 0.343 e. The number of hydrogen-bond donors (Lipinski definition) is 1. The number of rotatable bonds is 3. The van der Waals surface area contributed by atoms with Gasteiger partial charge in [-0.25, -0.2) is 0 Å². The predicted octanol–water partition coefficient (Wildman–Crippen LogP) is 7.05. The van der Waals surface area contributed by atoms with Crippen molar-refractivity contribution in [3.63, 3.8) is 0 Å². The van der Waals surface area contributed by atoms with Crippen LogP contribution >= 0.6 is 11.6 Å². The molecule has 1 heterocycles. The molecule has 0 radical (unpaired) electrons. The van der Waals surface area contributed by atoms with E-state index in [2.05, 4.69) is 98.9 Å².